The molecule has 0 aliphatic heterocycles. The second kappa shape index (κ2) is 5.39. The highest BCUT2D eigenvalue weighted by molar-refractivity contribution is 5.70. The fourth-order valence-corrected chi connectivity index (χ4v) is 1.35. The normalized spacial score (nSPS) is 10.1. The first kappa shape index (κ1) is 11.6. The summed E-state index contributed by atoms with van der Waals surface area (Å²) in [6.07, 6.45) is -0.293. The number of amides is 1. The van der Waals surface area contributed by atoms with Crippen molar-refractivity contribution in [3.05, 3.63) is 30.3 Å². The van der Waals surface area contributed by atoms with E-state index in [-0.39, 0.29) is 12.1 Å². The summed E-state index contributed by atoms with van der Waals surface area (Å²) in [7, 11) is 0. The van der Waals surface area contributed by atoms with E-state index >= 15 is 0 Å². The number of nitrogens with zero attached hydrogens (tertiary/aromatic N) is 1. The Morgan fingerprint density at radius 3 is 2.40 bits per heavy atom. The van der Waals surface area contributed by atoms with Crippen molar-refractivity contribution in [2.75, 3.05) is 6.54 Å². The fraction of sp³-hybridized carbons (Fsp3) is 0.417. The first-order chi connectivity index (χ1) is 7.15. The number of hydrogen-bond donors (Lipinski definition) is 0. The zero-order valence-corrected chi connectivity index (χ0v) is 9.43. The van der Waals surface area contributed by atoms with Gasteiger partial charge < -0.3 is 9.64 Å². The lowest BCUT2D eigenvalue weighted by atomic mass is 10.3. The summed E-state index contributed by atoms with van der Waals surface area (Å²) >= 11 is 0. The van der Waals surface area contributed by atoms with Crippen LogP contribution in [0.3, 0.4) is 0 Å². The molecule has 0 N–H and O–H groups in total. The summed E-state index contributed by atoms with van der Waals surface area (Å²) in [5, 5.41) is 0. The van der Waals surface area contributed by atoms with Crippen LogP contribution < -0.4 is 4.74 Å². The van der Waals surface area contributed by atoms with Crippen LogP contribution >= 0.6 is 0 Å². The number of para-hydroxylation sites is 1. The zero-order chi connectivity index (χ0) is 11.3. The highest BCUT2D eigenvalue weighted by Gasteiger charge is 2.16. The molecule has 3 nitrogen and oxygen atoms in total. The van der Waals surface area contributed by atoms with Gasteiger partial charge >= 0.3 is 6.09 Å². The molecule has 0 radical (unpaired) electrons. The summed E-state index contributed by atoms with van der Waals surface area (Å²) in [5.74, 6) is 0.585. The van der Waals surface area contributed by atoms with Crippen LogP contribution in [-0.4, -0.2) is 23.6 Å². The lowest BCUT2D eigenvalue weighted by molar-refractivity contribution is 0.142. The quantitative estimate of drug-likeness (QED) is 0.762. The van der Waals surface area contributed by atoms with Crippen LogP contribution in [0.15, 0.2) is 30.3 Å². The third kappa shape index (κ3) is 3.27. The number of rotatable bonds is 3. The highest BCUT2D eigenvalue weighted by Crippen LogP contribution is 2.11. The van der Waals surface area contributed by atoms with Crippen molar-refractivity contribution in [2.45, 2.75) is 26.8 Å². The van der Waals surface area contributed by atoms with Gasteiger partial charge in [-0.2, -0.15) is 0 Å². The Balaban J connectivity index is 2.62. The number of hydrogen-bond acceptors (Lipinski definition) is 2. The first-order valence-corrected chi connectivity index (χ1v) is 5.18. The Bertz CT molecular complexity index is 309. The average Bonchev–Trinajstić information content (AvgIpc) is 2.19. The van der Waals surface area contributed by atoms with E-state index in [1.165, 1.54) is 0 Å². The molecule has 1 amide bonds. The Kier molecular flexibility index (Phi) is 4.16. The van der Waals surface area contributed by atoms with Crippen LogP contribution in [0.1, 0.15) is 20.8 Å². The van der Waals surface area contributed by atoms with E-state index in [2.05, 4.69) is 0 Å². The maximum atomic E-state index is 11.7. The second-order valence-electron chi connectivity index (χ2n) is 3.56. The van der Waals surface area contributed by atoms with Crippen molar-refractivity contribution < 1.29 is 9.53 Å². The van der Waals surface area contributed by atoms with E-state index in [0.29, 0.717) is 12.3 Å². The maximum Gasteiger partial charge on any atom is 0.415 e. The molecule has 0 fully saturated rings. The first-order valence-electron chi connectivity index (χ1n) is 5.18. The highest BCUT2D eigenvalue weighted by atomic mass is 16.6. The van der Waals surface area contributed by atoms with Crippen LogP contribution in [0.2, 0.25) is 0 Å². The van der Waals surface area contributed by atoms with Crippen molar-refractivity contribution in [2.24, 2.45) is 0 Å². The molecule has 0 atom stereocenters. The van der Waals surface area contributed by atoms with E-state index in [0.717, 1.165) is 0 Å². The topological polar surface area (TPSA) is 29.5 Å². The molecule has 1 aromatic rings. The van der Waals surface area contributed by atoms with Crippen molar-refractivity contribution in [1.82, 2.24) is 4.90 Å². The Morgan fingerprint density at radius 2 is 1.93 bits per heavy atom. The molecular formula is C12H17NO2. The summed E-state index contributed by atoms with van der Waals surface area (Å²) in [4.78, 5) is 13.4. The molecule has 0 heterocycles. The van der Waals surface area contributed by atoms with E-state index in [1.807, 2.05) is 39.0 Å². The molecule has 3 heteroatoms. The van der Waals surface area contributed by atoms with Gasteiger partial charge in [0.2, 0.25) is 0 Å². The Hall–Kier alpha value is -1.51. The third-order valence-corrected chi connectivity index (χ3v) is 2.15. The Morgan fingerprint density at radius 1 is 1.33 bits per heavy atom. The summed E-state index contributed by atoms with van der Waals surface area (Å²) < 4.78 is 5.22. The third-order valence-electron chi connectivity index (χ3n) is 2.15. The molecule has 1 rings (SSSR count). The largest absolute Gasteiger partial charge is 0.415 e. The molecule has 0 spiro atoms. The molecule has 0 bridgehead atoms. The van der Waals surface area contributed by atoms with Gasteiger partial charge in [0, 0.05) is 12.6 Å². The predicted molar refractivity (Wildman–Crippen MR) is 60.0 cm³/mol. The van der Waals surface area contributed by atoms with Crippen LogP contribution in [0.25, 0.3) is 0 Å². The SMILES string of the molecule is CCN(C(=O)Oc1ccccc1)C(C)C. The minimum atomic E-state index is -0.293. The number of benzene rings is 1. The molecule has 15 heavy (non-hydrogen) atoms. The number of carbonyl (C=O) groups excluding carboxylic acids is 1. The Labute approximate surface area is 90.7 Å². The van der Waals surface area contributed by atoms with Gasteiger partial charge in [0.1, 0.15) is 5.75 Å². The lowest BCUT2D eigenvalue weighted by Crippen LogP contribution is -2.38. The van der Waals surface area contributed by atoms with E-state index in [1.54, 1.807) is 17.0 Å². The van der Waals surface area contributed by atoms with Gasteiger partial charge in [-0.05, 0) is 32.9 Å². The van der Waals surface area contributed by atoms with Gasteiger partial charge in [0.25, 0.3) is 0 Å². The summed E-state index contributed by atoms with van der Waals surface area (Å²) in [5.41, 5.74) is 0. The molecule has 0 aromatic heterocycles. The van der Waals surface area contributed by atoms with Crippen LogP contribution in [-0.2, 0) is 0 Å². The van der Waals surface area contributed by atoms with Gasteiger partial charge in [0.05, 0.1) is 0 Å². The zero-order valence-electron chi connectivity index (χ0n) is 9.43. The smallest absolute Gasteiger partial charge is 0.410 e. The minimum Gasteiger partial charge on any atom is -0.410 e. The lowest BCUT2D eigenvalue weighted by Gasteiger charge is -2.23. The molecule has 1 aromatic carbocycles. The van der Waals surface area contributed by atoms with Crippen molar-refractivity contribution in [3.63, 3.8) is 0 Å². The van der Waals surface area contributed by atoms with E-state index in [9.17, 15) is 4.79 Å². The average molecular weight is 207 g/mol. The van der Waals surface area contributed by atoms with Crippen molar-refractivity contribution in [1.29, 1.82) is 0 Å². The number of ether oxygens (including phenoxy) is 1. The minimum absolute atomic E-state index is 0.159. The molecule has 0 saturated heterocycles. The van der Waals surface area contributed by atoms with E-state index in [4.69, 9.17) is 4.74 Å². The predicted octanol–water partition coefficient (Wildman–Crippen LogP) is 2.92. The van der Waals surface area contributed by atoms with Gasteiger partial charge in [0.15, 0.2) is 0 Å². The molecule has 0 aliphatic rings. The van der Waals surface area contributed by atoms with Crippen LogP contribution in [0.5, 0.6) is 5.75 Å². The van der Waals surface area contributed by atoms with E-state index < -0.39 is 0 Å². The van der Waals surface area contributed by atoms with Crippen molar-refractivity contribution in [3.8, 4) is 5.75 Å². The summed E-state index contributed by atoms with van der Waals surface area (Å²) in [6.45, 7) is 6.53. The van der Waals surface area contributed by atoms with Gasteiger partial charge in [-0.1, -0.05) is 18.2 Å². The molecule has 0 unspecified atom stereocenters. The van der Waals surface area contributed by atoms with Crippen LogP contribution in [0, 0.1) is 0 Å². The molecular weight excluding hydrogens is 190 g/mol. The monoisotopic (exact) mass is 207 g/mol. The standard InChI is InChI=1S/C12H17NO2/c1-4-13(10(2)3)12(14)15-11-8-6-5-7-9-11/h5-10H,4H2,1-3H3. The van der Waals surface area contributed by atoms with Gasteiger partial charge in [-0.25, -0.2) is 4.79 Å². The molecule has 0 aliphatic carbocycles. The molecule has 82 valence electrons. The molecule has 0 saturated carbocycles. The fourth-order valence-electron chi connectivity index (χ4n) is 1.35. The van der Waals surface area contributed by atoms with Gasteiger partial charge in [-0.15, -0.1) is 0 Å². The second-order valence-corrected chi connectivity index (χ2v) is 3.56. The maximum absolute atomic E-state index is 11.7. The summed E-state index contributed by atoms with van der Waals surface area (Å²) in [6, 6.07) is 9.27. The number of carbonyl (C=O) groups is 1. The van der Waals surface area contributed by atoms with Crippen LogP contribution in [0.4, 0.5) is 4.79 Å². The van der Waals surface area contributed by atoms with Crippen molar-refractivity contribution >= 4 is 6.09 Å². The van der Waals surface area contributed by atoms with Gasteiger partial charge in [-0.3, -0.25) is 0 Å².